The van der Waals surface area contributed by atoms with Gasteiger partial charge in [0.2, 0.25) is 0 Å². The lowest BCUT2D eigenvalue weighted by atomic mass is 10.1. The summed E-state index contributed by atoms with van der Waals surface area (Å²) >= 11 is 7.06. The molecule has 0 saturated carbocycles. The molecule has 0 fully saturated rings. The zero-order valence-corrected chi connectivity index (χ0v) is 16.2. The molecule has 1 atom stereocenters. The fourth-order valence-corrected chi connectivity index (χ4v) is 3.68. The number of ether oxygens (including phenoxy) is 1. The predicted octanol–water partition coefficient (Wildman–Crippen LogP) is 4.82. The Balaban J connectivity index is 1.99. The molecule has 1 unspecified atom stereocenters. The molecule has 124 valence electrons. The Labute approximate surface area is 154 Å². The van der Waals surface area contributed by atoms with E-state index in [1.807, 2.05) is 42.5 Å². The molecular formula is C18H21Br2NO2. The summed E-state index contributed by atoms with van der Waals surface area (Å²) in [5.41, 5.74) is 1.97. The number of aliphatic hydroxyl groups excluding tert-OH is 1. The van der Waals surface area contributed by atoms with Crippen LogP contribution in [0.4, 0.5) is 0 Å². The van der Waals surface area contributed by atoms with Crippen LogP contribution in [0.1, 0.15) is 30.6 Å². The molecule has 0 amide bonds. The Kier molecular flexibility index (Phi) is 7.56. The number of aliphatic hydroxyl groups is 1. The molecule has 23 heavy (non-hydrogen) atoms. The van der Waals surface area contributed by atoms with Gasteiger partial charge in [-0.05, 0) is 40.0 Å². The van der Waals surface area contributed by atoms with Crippen molar-refractivity contribution < 1.29 is 9.84 Å². The number of hydrogen-bond donors (Lipinski definition) is 2. The molecule has 0 saturated heterocycles. The van der Waals surface area contributed by atoms with E-state index in [-0.39, 0.29) is 0 Å². The van der Waals surface area contributed by atoms with Gasteiger partial charge in [-0.2, -0.15) is 0 Å². The van der Waals surface area contributed by atoms with Crippen molar-refractivity contribution in [1.29, 1.82) is 0 Å². The molecule has 5 heteroatoms. The first-order valence-corrected chi connectivity index (χ1v) is 9.25. The maximum Gasteiger partial charge on any atom is 0.138 e. The molecule has 0 aliphatic carbocycles. The van der Waals surface area contributed by atoms with E-state index in [1.54, 1.807) is 0 Å². The Morgan fingerprint density at radius 1 is 1.17 bits per heavy atom. The quantitative estimate of drug-likeness (QED) is 0.615. The largest absolute Gasteiger partial charge is 0.492 e. The van der Waals surface area contributed by atoms with Crippen LogP contribution in [0, 0.1) is 0 Å². The van der Waals surface area contributed by atoms with E-state index in [4.69, 9.17) is 4.74 Å². The zero-order chi connectivity index (χ0) is 16.7. The molecule has 0 aromatic heterocycles. The monoisotopic (exact) mass is 441 g/mol. The van der Waals surface area contributed by atoms with Gasteiger partial charge in [-0.25, -0.2) is 0 Å². The first kappa shape index (κ1) is 18.5. The molecule has 2 N–H and O–H groups in total. The van der Waals surface area contributed by atoms with Gasteiger partial charge in [0, 0.05) is 23.1 Å². The maximum atomic E-state index is 10.2. The van der Waals surface area contributed by atoms with Crippen LogP contribution in [0.3, 0.4) is 0 Å². The van der Waals surface area contributed by atoms with Crippen LogP contribution in [0.2, 0.25) is 0 Å². The molecular weight excluding hydrogens is 422 g/mol. The molecule has 2 aromatic rings. The van der Waals surface area contributed by atoms with Crippen LogP contribution < -0.4 is 10.1 Å². The zero-order valence-electron chi connectivity index (χ0n) is 13.1. The average Bonchev–Trinajstić information content (AvgIpc) is 2.54. The minimum absolute atomic E-state index is 0.487. The Bertz CT molecular complexity index is 620. The number of benzene rings is 2. The summed E-state index contributed by atoms with van der Waals surface area (Å²) in [5, 5.41) is 13.5. The van der Waals surface area contributed by atoms with Crippen molar-refractivity contribution >= 4 is 31.9 Å². The maximum absolute atomic E-state index is 10.2. The summed E-state index contributed by atoms with van der Waals surface area (Å²) in [6.45, 7) is 3.88. The smallest absolute Gasteiger partial charge is 0.138 e. The Hall–Kier alpha value is -0.880. The topological polar surface area (TPSA) is 41.5 Å². The summed E-state index contributed by atoms with van der Waals surface area (Å²) < 4.78 is 7.77. The molecule has 0 spiro atoms. The third kappa shape index (κ3) is 5.60. The summed E-state index contributed by atoms with van der Waals surface area (Å²) in [6, 6.07) is 13.7. The van der Waals surface area contributed by atoms with E-state index in [1.165, 1.54) is 0 Å². The van der Waals surface area contributed by atoms with Crippen molar-refractivity contribution in [2.75, 3.05) is 13.2 Å². The van der Waals surface area contributed by atoms with Crippen molar-refractivity contribution in [2.45, 2.75) is 26.0 Å². The van der Waals surface area contributed by atoms with E-state index >= 15 is 0 Å². The summed E-state index contributed by atoms with van der Waals surface area (Å²) in [4.78, 5) is 0. The first-order valence-electron chi connectivity index (χ1n) is 7.66. The van der Waals surface area contributed by atoms with Crippen molar-refractivity contribution in [2.24, 2.45) is 0 Å². The van der Waals surface area contributed by atoms with Gasteiger partial charge in [0.05, 0.1) is 17.2 Å². The molecule has 0 heterocycles. The number of halogens is 2. The second-order valence-electron chi connectivity index (χ2n) is 5.28. The highest BCUT2D eigenvalue weighted by atomic mass is 79.9. The predicted molar refractivity (Wildman–Crippen MR) is 101 cm³/mol. The molecule has 0 radical (unpaired) electrons. The Morgan fingerprint density at radius 3 is 2.61 bits per heavy atom. The highest BCUT2D eigenvalue weighted by Crippen LogP contribution is 2.33. The van der Waals surface area contributed by atoms with Crippen LogP contribution >= 0.6 is 31.9 Å². The van der Waals surface area contributed by atoms with Crippen LogP contribution in [0.25, 0.3) is 0 Å². The highest BCUT2D eigenvalue weighted by Gasteiger charge is 2.11. The van der Waals surface area contributed by atoms with Gasteiger partial charge in [-0.15, -0.1) is 0 Å². The van der Waals surface area contributed by atoms with Gasteiger partial charge in [0.25, 0.3) is 0 Å². The fraction of sp³-hybridized carbons (Fsp3) is 0.333. The van der Waals surface area contributed by atoms with Gasteiger partial charge >= 0.3 is 0 Å². The van der Waals surface area contributed by atoms with Crippen LogP contribution in [0.15, 0.2) is 51.4 Å². The van der Waals surface area contributed by atoms with Crippen LogP contribution in [0.5, 0.6) is 5.75 Å². The minimum Gasteiger partial charge on any atom is -0.492 e. The number of hydrogen-bond acceptors (Lipinski definition) is 3. The van der Waals surface area contributed by atoms with Gasteiger partial charge in [0.1, 0.15) is 5.75 Å². The number of rotatable bonds is 8. The SMILES string of the molecule is CCCOc1c(Br)cc(Br)cc1CNCC(O)c1ccccc1. The first-order chi connectivity index (χ1) is 11.1. The van der Waals surface area contributed by atoms with Gasteiger partial charge in [-0.1, -0.05) is 53.2 Å². The molecule has 3 nitrogen and oxygen atoms in total. The third-order valence-electron chi connectivity index (χ3n) is 3.37. The van der Waals surface area contributed by atoms with Crippen molar-refractivity contribution in [1.82, 2.24) is 5.32 Å². The van der Waals surface area contributed by atoms with E-state index in [2.05, 4.69) is 44.1 Å². The summed E-state index contributed by atoms with van der Waals surface area (Å²) in [5.74, 6) is 0.858. The number of nitrogens with one attached hydrogen (secondary N) is 1. The van der Waals surface area contributed by atoms with Crippen molar-refractivity contribution in [3.05, 3.63) is 62.5 Å². The van der Waals surface area contributed by atoms with Gasteiger partial charge in [0.15, 0.2) is 0 Å². The summed E-state index contributed by atoms with van der Waals surface area (Å²) in [7, 11) is 0. The van der Waals surface area contributed by atoms with Crippen molar-refractivity contribution in [3.8, 4) is 5.75 Å². The fourth-order valence-electron chi connectivity index (χ4n) is 2.25. The second-order valence-corrected chi connectivity index (χ2v) is 7.05. The molecule has 2 rings (SSSR count). The minimum atomic E-state index is -0.521. The van der Waals surface area contributed by atoms with E-state index in [9.17, 15) is 5.11 Å². The lowest BCUT2D eigenvalue weighted by Crippen LogP contribution is -2.21. The van der Waals surface area contributed by atoms with E-state index in [0.717, 1.165) is 32.2 Å². The standard InChI is InChI=1S/C18H21Br2NO2/c1-2-8-23-18-14(9-15(19)10-16(18)20)11-21-12-17(22)13-6-4-3-5-7-13/h3-7,9-10,17,21-22H,2,8,11-12H2,1H3. The van der Waals surface area contributed by atoms with Gasteiger partial charge < -0.3 is 15.2 Å². The average molecular weight is 443 g/mol. The molecule has 0 aliphatic rings. The lowest BCUT2D eigenvalue weighted by molar-refractivity contribution is 0.174. The van der Waals surface area contributed by atoms with Crippen LogP contribution in [-0.2, 0) is 6.54 Å². The van der Waals surface area contributed by atoms with Gasteiger partial charge in [-0.3, -0.25) is 0 Å². The van der Waals surface area contributed by atoms with E-state index < -0.39 is 6.10 Å². The third-order valence-corrected chi connectivity index (χ3v) is 4.42. The molecule has 2 aromatic carbocycles. The van der Waals surface area contributed by atoms with E-state index in [0.29, 0.717) is 19.7 Å². The Morgan fingerprint density at radius 2 is 1.91 bits per heavy atom. The molecule has 0 aliphatic heterocycles. The van der Waals surface area contributed by atoms with Crippen molar-refractivity contribution in [3.63, 3.8) is 0 Å². The van der Waals surface area contributed by atoms with Crippen LogP contribution in [-0.4, -0.2) is 18.3 Å². The normalized spacial score (nSPS) is 12.2. The summed E-state index contributed by atoms with van der Waals surface area (Å²) in [6.07, 6.45) is 0.439. The second kappa shape index (κ2) is 9.42. The highest BCUT2D eigenvalue weighted by molar-refractivity contribution is 9.11. The lowest BCUT2D eigenvalue weighted by Gasteiger charge is -2.16. The molecule has 0 bridgehead atoms.